The van der Waals surface area contributed by atoms with Gasteiger partial charge in [-0.1, -0.05) is 189 Å². The number of para-hydroxylation sites is 5. The molecular weight excluding hydrogens is 1660 g/mol. The van der Waals surface area contributed by atoms with Crippen molar-refractivity contribution in [2.24, 2.45) is 0 Å². The van der Waals surface area contributed by atoms with Crippen LogP contribution in [0.1, 0.15) is 150 Å². The van der Waals surface area contributed by atoms with Crippen LogP contribution in [0.4, 0.5) is 41.4 Å². The van der Waals surface area contributed by atoms with E-state index in [4.69, 9.17) is 49.1 Å². The fourth-order valence-corrected chi connectivity index (χ4v) is 8.68. The van der Waals surface area contributed by atoms with Gasteiger partial charge in [0.1, 0.15) is 22.8 Å². The minimum Gasteiger partial charge on any atom is -1.00 e. The van der Waals surface area contributed by atoms with Crippen molar-refractivity contribution < 1.29 is 123 Å². The van der Waals surface area contributed by atoms with Crippen molar-refractivity contribution in [3.05, 3.63) is 301 Å². The van der Waals surface area contributed by atoms with Crippen molar-refractivity contribution >= 4 is 161 Å². The van der Waals surface area contributed by atoms with Gasteiger partial charge in [0.05, 0.1) is 40.2 Å². The number of nitrogens with zero attached hydrogens (tertiary/aromatic N) is 6. The van der Waals surface area contributed by atoms with Crippen molar-refractivity contribution in [3.63, 3.8) is 0 Å². The first-order valence-electron chi connectivity index (χ1n) is 36.8. The van der Waals surface area contributed by atoms with Gasteiger partial charge in [0.2, 0.25) is 5.78 Å². The zero-order chi connectivity index (χ0) is 91.0. The Balaban J connectivity index is -0.000000633. The quantitative estimate of drug-likeness (QED) is 0.0130. The van der Waals surface area contributed by atoms with Gasteiger partial charge in [0.25, 0.3) is 0 Å². The van der Waals surface area contributed by atoms with E-state index < -0.39 is 43.2 Å². The van der Waals surface area contributed by atoms with E-state index in [9.17, 15) is 60.9 Å². The minimum absolute atomic E-state index is 0. The predicted molar refractivity (Wildman–Crippen MR) is 478 cm³/mol. The van der Waals surface area contributed by atoms with Crippen LogP contribution >= 0.6 is 0 Å². The molecule has 0 amide bonds. The average molecular weight is 1770 g/mol. The SMILES string of the molecule is CC.CC.CC.CC.CC(=O)C(C)=O.COC(=O)C(C)=O.Cc1ccc2ccc(N)cc2n1.Cc1ccc2ccccc2n1.FB(F)F.Nc1ccc(C=O)c(N)c1.Nc1ccc2ccc(C(=O)O)nc2c1.Nc1ccccc1C=O.O=C(O)c1ccc2ccccc2n1.O=C(O)c1ccc2ccccc2n1.O=C(O)c1ccc2ccccc2n1.[CH3-].[F-].[Y]. The normalized spacial score (nSPS) is 8.95. The summed E-state index contributed by atoms with van der Waals surface area (Å²) in [7, 11) is -2.50. The summed E-state index contributed by atoms with van der Waals surface area (Å²) in [5.41, 5.74) is 38.5. The number of aryl methyl sites for hydroxylation is 2. The van der Waals surface area contributed by atoms with E-state index in [2.05, 4.69) is 52.8 Å². The third kappa shape index (κ3) is 45.0. The van der Waals surface area contributed by atoms with Crippen molar-refractivity contribution in [2.75, 3.05) is 35.8 Å². The fraction of sp³-hybridized carbons (Fsp3) is 0.154. The second kappa shape index (κ2) is 64.8. The molecule has 6 aromatic heterocycles. The number of ketones is 3. The van der Waals surface area contributed by atoms with Gasteiger partial charge < -0.3 is 66.0 Å². The molecule has 0 atom stereocenters. The van der Waals surface area contributed by atoms with Gasteiger partial charge in [-0.15, -0.1) is 0 Å². The smallest absolute Gasteiger partial charge is 0.762 e. The van der Waals surface area contributed by atoms with Gasteiger partial charge in [0.15, 0.2) is 24.1 Å². The van der Waals surface area contributed by atoms with Crippen LogP contribution in [0.25, 0.3) is 65.4 Å². The Labute approximate surface area is 737 Å². The monoisotopic (exact) mass is 1760 g/mol. The Kier molecular flexibility index (Phi) is 60.6. The number of carboxylic acid groups (broad SMARTS) is 4. The van der Waals surface area contributed by atoms with Gasteiger partial charge in [-0.3, -0.25) is 46.9 Å². The number of benzene rings is 8. The van der Waals surface area contributed by atoms with Crippen molar-refractivity contribution in [3.8, 4) is 0 Å². The van der Waals surface area contributed by atoms with E-state index >= 15 is 0 Å². The maximum atomic E-state index is 10.6. The van der Waals surface area contributed by atoms with Gasteiger partial charge in [-0.2, -0.15) is 0 Å². The molecule has 32 heteroatoms. The third-order valence-electron chi connectivity index (χ3n) is 14.3. The Morgan fingerprint density at radius 3 is 0.837 bits per heavy atom. The number of anilines is 5. The van der Waals surface area contributed by atoms with Crippen LogP contribution in [0.2, 0.25) is 0 Å². The molecule has 0 aliphatic carbocycles. The van der Waals surface area contributed by atoms with E-state index in [1.54, 1.807) is 97.1 Å². The number of hydrogen-bond acceptors (Lipinski definition) is 22. The molecule has 123 heavy (non-hydrogen) atoms. The van der Waals surface area contributed by atoms with Crippen LogP contribution in [0.5, 0.6) is 0 Å². The standard InChI is InChI=1S/C10H8N2O2.C10H10N2.3C10H7NO2.C10H9N.C7H8N2O.C7H7NO.C4H6O3.C4H6O2.4C2H6.CH3.BF3.FH.Y/c11-7-3-1-6-2-4-8(10(13)14)12-9(6)5-7;1-7-2-3-8-4-5-9(11)6-10(8)12-7;3*12-10(13)9-6-5-7-3-1-2-4-8(7)11-9;1-8-6-7-9-4-2-3-5-10(9)11-8;8-6-2-1-5(4-10)7(9)3-6;8-7-4-2-1-3-6(7)5-9;1-3(5)4(6)7-2;1-3(5)4(2)6;4*1-2;;2-1(3)4;;/h1-5H,11H2,(H,13,14);2-6H,11H2,1H3;3*1-6H,(H,12,13);2-7H,1H3;1-4H,8-9H2;1-5H,8H2;1-2H3;1-2H3;4*1-2H3;1H3;;1H;/q;;;;;;;;;;;;;;-1;;;/p-1. The van der Waals surface area contributed by atoms with Crippen LogP contribution in [-0.2, 0) is 56.6 Å². The fourth-order valence-electron chi connectivity index (χ4n) is 8.68. The summed E-state index contributed by atoms with van der Waals surface area (Å²) < 4.78 is 33.0. The molecule has 0 saturated carbocycles. The van der Waals surface area contributed by atoms with Gasteiger partial charge in [-0.25, -0.2) is 43.9 Å². The van der Waals surface area contributed by atoms with E-state index in [0.29, 0.717) is 62.2 Å². The molecule has 26 nitrogen and oxygen atoms in total. The molecule has 1 radical (unpaired) electrons. The molecule has 14 rings (SSSR count). The molecule has 0 fully saturated rings. The van der Waals surface area contributed by atoms with E-state index in [1.807, 2.05) is 178 Å². The van der Waals surface area contributed by atoms with Crippen LogP contribution in [0, 0.1) is 21.3 Å². The molecule has 8 aromatic carbocycles. The summed E-state index contributed by atoms with van der Waals surface area (Å²) in [6.07, 6.45) is 1.45. The van der Waals surface area contributed by atoms with Gasteiger partial charge >= 0.3 is 37.4 Å². The number of Topliss-reactive ketones (excluding diaryl/α,β-unsaturated/α-hetero) is 3. The third-order valence-corrected chi connectivity index (χ3v) is 14.3. The molecule has 0 bridgehead atoms. The first-order chi connectivity index (χ1) is 57.2. The van der Waals surface area contributed by atoms with Crippen LogP contribution in [0.15, 0.2) is 249 Å². The second-order valence-corrected chi connectivity index (χ2v) is 22.7. The number of aromatic carboxylic acids is 4. The van der Waals surface area contributed by atoms with E-state index in [0.717, 1.165) is 68.2 Å². The topological polar surface area (TPSA) is 468 Å². The van der Waals surface area contributed by atoms with Gasteiger partial charge in [-0.05, 0) is 129 Å². The molecule has 6 heterocycles. The van der Waals surface area contributed by atoms with Crippen LogP contribution in [-0.4, -0.2) is 125 Å². The largest absolute Gasteiger partial charge is 1.00 e. The van der Waals surface area contributed by atoms with E-state index in [1.165, 1.54) is 50.6 Å². The maximum Gasteiger partial charge on any atom is 0.762 e. The Morgan fingerprint density at radius 1 is 0.333 bits per heavy atom. The number of carbonyl (C=O) groups excluding carboxylic acids is 6. The number of aromatic nitrogens is 6. The first kappa shape index (κ1) is 115. The molecule has 0 aliphatic heterocycles. The number of rotatable bonds is 8. The number of esters is 1. The number of carbonyl (C=O) groups is 10. The Morgan fingerprint density at radius 2 is 0.569 bits per heavy atom. The second-order valence-electron chi connectivity index (χ2n) is 22.7. The van der Waals surface area contributed by atoms with Gasteiger partial charge in [0, 0.05) is 137 Å². The number of aldehydes is 2. The molecule has 0 saturated heterocycles. The number of nitrogen functional groups attached to an aromatic ring is 5. The average Bonchev–Trinajstić information content (AvgIpc) is 0.819. The predicted octanol–water partition coefficient (Wildman–Crippen LogP) is 16.1. The number of ether oxygens (including phenoxy) is 1. The van der Waals surface area contributed by atoms with Crippen molar-refractivity contribution in [1.82, 2.24) is 29.9 Å². The van der Waals surface area contributed by atoms with Crippen molar-refractivity contribution in [2.45, 2.75) is 90.0 Å². The number of hydrogen-bond donors (Lipinski definition) is 9. The van der Waals surface area contributed by atoms with Crippen LogP contribution < -0.4 is 33.4 Å². The van der Waals surface area contributed by atoms with Crippen molar-refractivity contribution in [1.29, 1.82) is 0 Å². The minimum atomic E-state index is -3.67. The summed E-state index contributed by atoms with van der Waals surface area (Å²) in [4.78, 5) is 127. The van der Waals surface area contributed by atoms with Crippen LogP contribution in [0.3, 0.4) is 0 Å². The number of halogens is 4. The summed E-state index contributed by atoms with van der Waals surface area (Å²) >= 11 is 0. The molecule has 0 aliphatic rings. The summed E-state index contributed by atoms with van der Waals surface area (Å²) in [6, 6.07) is 74.3. The molecule has 0 unspecified atom stereocenters. The van der Waals surface area contributed by atoms with E-state index in [-0.39, 0.29) is 79.2 Å². The first-order valence-corrected chi connectivity index (χ1v) is 36.8. The zero-order valence-electron chi connectivity index (χ0n) is 70.8. The molecule has 0 spiro atoms. The molecule has 14 N–H and O–H groups in total. The molecule has 14 aromatic rings. The maximum absolute atomic E-state index is 10.6. The molecular formula is C91H102BF4N11O15Y-2. The summed E-state index contributed by atoms with van der Waals surface area (Å²) in [6.45, 7) is 23.6. The Bertz CT molecular complexity index is 5380. The zero-order valence-corrected chi connectivity index (χ0v) is 73.7. The summed E-state index contributed by atoms with van der Waals surface area (Å²) in [5, 5.41) is 40.8. The summed E-state index contributed by atoms with van der Waals surface area (Å²) in [5.74, 6) is -6.14. The number of carboxylic acids is 4. The molecule has 647 valence electrons. The number of nitrogens with two attached hydrogens (primary N) is 5. The number of pyridine rings is 6. The number of fused-ring (bicyclic) bond motifs is 6. The Hall–Kier alpha value is -14.2. The number of methoxy groups -OCH3 is 1.